The first-order valence-corrected chi connectivity index (χ1v) is 12.0. The zero-order valence-corrected chi connectivity index (χ0v) is 20.0. The molecule has 6 nitrogen and oxygen atoms in total. The molecule has 0 saturated carbocycles. The normalized spacial score (nSPS) is 21.1. The average Bonchev–Trinajstić information content (AvgIpc) is 2.79. The molecule has 2 heterocycles. The van der Waals surface area contributed by atoms with Crippen LogP contribution in [-0.2, 0) is 14.9 Å². The third-order valence-corrected chi connectivity index (χ3v) is 6.81. The Labute approximate surface area is 188 Å². The van der Waals surface area contributed by atoms with Crippen LogP contribution in [0.3, 0.4) is 0 Å². The third kappa shape index (κ3) is 6.43. The first-order chi connectivity index (χ1) is 15.1. The van der Waals surface area contributed by atoms with E-state index in [-0.39, 0.29) is 5.41 Å². The zero-order chi connectivity index (χ0) is 22.1. The topological polar surface area (TPSA) is 58.1 Å². The Balaban J connectivity index is 1.72. The SMILES string of the molecule is CCNC(=NCC1(c2ccccc2C)CCOCC1)NCC(C(C)C)N1CCOCC1. The van der Waals surface area contributed by atoms with Crippen LogP contribution in [0.2, 0.25) is 0 Å². The third-order valence-electron chi connectivity index (χ3n) is 6.81. The molecular formula is C25H42N4O2. The summed E-state index contributed by atoms with van der Waals surface area (Å²) in [6.07, 6.45) is 2.03. The maximum atomic E-state index is 5.72. The number of nitrogens with zero attached hydrogens (tertiary/aromatic N) is 2. The number of hydrogen-bond acceptors (Lipinski definition) is 4. The van der Waals surface area contributed by atoms with Crippen LogP contribution in [0.5, 0.6) is 0 Å². The number of ether oxygens (including phenoxy) is 2. The lowest BCUT2D eigenvalue weighted by atomic mass is 9.72. The van der Waals surface area contributed by atoms with Gasteiger partial charge in [-0.1, -0.05) is 38.1 Å². The Morgan fingerprint density at radius 1 is 1.06 bits per heavy atom. The van der Waals surface area contributed by atoms with Gasteiger partial charge in [-0.2, -0.15) is 0 Å². The van der Waals surface area contributed by atoms with Gasteiger partial charge in [-0.15, -0.1) is 0 Å². The van der Waals surface area contributed by atoms with Crippen molar-refractivity contribution in [1.29, 1.82) is 0 Å². The Kier molecular flexibility index (Phi) is 9.17. The van der Waals surface area contributed by atoms with Gasteiger partial charge in [-0.25, -0.2) is 0 Å². The molecule has 0 radical (unpaired) electrons. The molecule has 31 heavy (non-hydrogen) atoms. The summed E-state index contributed by atoms with van der Waals surface area (Å²) < 4.78 is 11.3. The molecule has 0 aliphatic carbocycles. The summed E-state index contributed by atoms with van der Waals surface area (Å²) in [6, 6.07) is 9.25. The Bertz CT molecular complexity index is 695. The highest BCUT2D eigenvalue weighted by Gasteiger charge is 2.35. The Hall–Kier alpha value is -1.63. The van der Waals surface area contributed by atoms with Gasteiger partial charge < -0.3 is 20.1 Å². The van der Waals surface area contributed by atoms with Crippen molar-refractivity contribution in [2.75, 3.05) is 59.2 Å². The van der Waals surface area contributed by atoms with Gasteiger partial charge in [0.15, 0.2) is 5.96 Å². The molecule has 0 aromatic heterocycles. The molecule has 2 aliphatic heterocycles. The second-order valence-corrected chi connectivity index (χ2v) is 9.24. The fourth-order valence-corrected chi connectivity index (χ4v) is 4.91. The summed E-state index contributed by atoms with van der Waals surface area (Å²) in [7, 11) is 0. The molecule has 1 aromatic carbocycles. The molecule has 2 N–H and O–H groups in total. The summed E-state index contributed by atoms with van der Waals surface area (Å²) in [4.78, 5) is 7.65. The highest BCUT2D eigenvalue weighted by atomic mass is 16.5. The second-order valence-electron chi connectivity index (χ2n) is 9.24. The number of rotatable bonds is 8. The molecule has 174 valence electrons. The smallest absolute Gasteiger partial charge is 0.191 e. The summed E-state index contributed by atoms with van der Waals surface area (Å²) >= 11 is 0. The molecule has 1 unspecified atom stereocenters. The highest BCUT2D eigenvalue weighted by molar-refractivity contribution is 5.79. The van der Waals surface area contributed by atoms with Crippen LogP contribution in [-0.4, -0.2) is 76.1 Å². The number of guanidine groups is 1. The monoisotopic (exact) mass is 430 g/mol. The first kappa shape index (κ1) is 24.0. The zero-order valence-electron chi connectivity index (χ0n) is 20.0. The van der Waals surface area contributed by atoms with E-state index in [2.05, 4.69) is 67.5 Å². The Morgan fingerprint density at radius 2 is 1.74 bits per heavy atom. The van der Waals surface area contributed by atoms with E-state index in [1.807, 2.05) is 0 Å². The van der Waals surface area contributed by atoms with Gasteiger partial charge in [0.2, 0.25) is 0 Å². The lowest BCUT2D eigenvalue weighted by Gasteiger charge is -2.38. The van der Waals surface area contributed by atoms with Crippen LogP contribution in [0.25, 0.3) is 0 Å². The van der Waals surface area contributed by atoms with Crippen LogP contribution in [0.1, 0.15) is 44.7 Å². The number of hydrogen-bond donors (Lipinski definition) is 2. The number of morpholine rings is 1. The van der Waals surface area contributed by atoms with Gasteiger partial charge in [0.25, 0.3) is 0 Å². The van der Waals surface area contributed by atoms with Gasteiger partial charge >= 0.3 is 0 Å². The number of aliphatic imine (C=N–C) groups is 1. The number of aryl methyl sites for hydroxylation is 1. The van der Waals surface area contributed by atoms with E-state index in [0.29, 0.717) is 12.0 Å². The van der Waals surface area contributed by atoms with E-state index in [1.165, 1.54) is 11.1 Å². The minimum absolute atomic E-state index is 0.0492. The van der Waals surface area contributed by atoms with Crippen molar-refractivity contribution in [1.82, 2.24) is 15.5 Å². The fraction of sp³-hybridized carbons (Fsp3) is 0.720. The maximum Gasteiger partial charge on any atom is 0.191 e. The van der Waals surface area contributed by atoms with Crippen molar-refractivity contribution in [3.8, 4) is 0 Å². The lowest BCUT2D eigenvalue weighted by Crippen LogP contribution is -2.52. The van der Waals surface area contributed by atoms with E-state index in [4.69, 9.17) is 14.5 Å². The quantitative estimate of drug-likeness (QED) is 0.491. The van der Waals surface area contributed by atoms with E-state index in [1.54, 1.807) is 0 Å². The molecule has 0 bridgehead atoms. The van der Waals surface area contributed by atoms with Crippen LogP contribution < -0.4 is 10.6 Å². The van der Waals surface area contributed by atoms with Crippen LogP contribution in [0.15, 0.2) is 29.3 Å². The molecule has 2 saturated heterocycles. The molecular weight excluding hydrogens is 388 g/mol. The lowest BCUT2D eigenvalue weighted by molar-refractivity contribution is 0.00751. The maximum absolute atomic E-state index is 5.72. The van der Waals surface area contributed by atoms with Gasteiger partial charge in [0, 0.05) is 50.8 Å². The van der Waals surface area contributed by atoms with Crippen LogP contribution in [0.4, 0.5) is 0 Å². The van der Waals surface area contributed by atoms with Crippen molar-refractivity contribution in [2.24, 2.45) is 10.9 Å². The summed E-state index contributed by atoms with van der Waals surface area (Å²) in [5.41, 5.74) is 2.82. The minimum atomic E-state index is 0.0492. The molecule has 3 rings (SSSR count). The second kappa shape index (κ2) is 11.8. The first-order valence-electron chi connectivity index (χ1n) is 12.0. The summed E-state index contributed by atoms with van der Waals surface area (Å²) in [5.74, 6) is 1.49. The van der Waals surface area contributed by atoms with E-state index in [0.717, 1.165) is 78.0 Å². The molecule has 2 fully saturated rings. The van der Waals surface area contributed by atoms with Crippen molar-refractivity contribution in [2.45, 2.75) is 52.0 Å². The van der Waals surface area contributed by atoms with Crippen molar-refractivity contribution >= 4 is 5.96 Å². The summed E-state index contributed by atoms with van der Waals surface area (Å²) in [5, 5.41) is 7.11. The van der Waals surface area contributed by atoms with E-state index < -0.39 is 0 Å². The summed E-state index contributed by atoms with van der Waals surface area (Å²) in [6.45, 7) is 16.8. The predicted octanol–water partition coefficient (Wildman–Crippen LogP) is 2.96. The average molecular weight is 431 g/mol. The van der Waals surface area contributed by atoms with E-state index in [9.17, 15) is 0 Å². The molecule has 1 atom stereocenters. The van der Waals surface area contributed by atoms with Crippen molar-refractivity contribution < 1.29 is 9.47 Å². The predicted molar refractivity (Wildman–Crippen MR) is 128 cm³/mol. The van der Waals surface area contributed by atoms with Crippen LogP contribution >= 0.6 is 0 Å². The molecule has 0 spiro atoms. The standard InChI is InChI=1S/C25H42N4O2/c1-5-26-24(27-18-23(20(2)3)29-12-16-31-17-13-29)28-19-25(10-14-30-15-11-25)22-9-7-6-8-21(22)4/h6-9,20,23H,5,10-19H2,1-4H3,(H2,26,27,28). The molecule has 1 aromatic rings. The molecule has 2 aliphatic rings. The largest absolute Gasteiger partial charge is 0.381 e. The molecule has 0 amide bonds. The van der Waals surface area contributed by atoms with Crippen LogP contribution in [0, 0.1) is 12.8 Å². The van der Waals surface area contributed by atoms with Gasteiger partial charge in [0.05, 0.1) is 19.8 Å². The van der Waals surface area contributed by atoms with Crippen molar-refractivity contribution in [3.05, 3.63) is 35.4 Å². The molecule has 6 heteroatoms. The van der Waals surface area contributed by atoms with Gasteiger partial charge in [-0.05, 0) is 43.7 Å². The minimum Gasteiger partial charge on any atom is -0.381 e. The Morgan fingerprint density at radius 3 is 2.39 bits per heavy atom. The number of nitrogens with one attached hydrogen (secondary N) is 2. The van der Waals surface area contributed by atoms with Gasteiger partial charge in [-0.3, -0.25) is 9.89 Å². The highest BCUT2D eigenvalue weighted by Crippen LogP contribution is 2.37. The van der Waals surface area contributed by atoms with E-state index >= 15 is 0 Å². The van der Waals surface area contributed by atoms with Gasteiger partial charge in [0.1, 0.15) is 0 Å². The van der Waals surface area contributed by atoms with Crippen molar-refractivity contribution in [3.63, 3.8) is 0 Å². The number of benzene rings is 1. The fourth-order valence-electron chi connectivity index (χ4n) is 4.91.